The zero-order valence-electron chi connectivity index (χ0n) is 24.7. The number of carbonyl (C=O) groups is 2. The van der Waals surface area contributed by atoms with E-state index in [9.17, 15) is 14.7 Å². The van der Waals surface area contributed by atoms with E-state index in [1.807, 2.05) is 72.8 Å². The first-order valence-corrected chi connectivity index (χ1v) is 15.5. The Kier molecular flexibility index (Phi) is 10.9. The van der Waals surface area contributed by atoms with E-state index in [1.165, 1.54) is 0 Å². The third-order valence-corrected chi connectivity index (χ3v) is 8.71. The van der Waals surface area contributed by atoms with Gasteiger partial charge in [-0.1, -0.05) is 90.8 Å². The van der Waals surface area contributed by atoms with Crippen LogP contribution in [0.1, 0.15) is 60.8 Å². The van der Waals surface area contributed by atoms with Crippen molar-refractivity contribution < 1.29 is 29.3 Å². The molecule has 5 rings (SSSR count). The summed E-state index contributed by atoms with van der Waals surface area (Å²) in [4.78, 5) is 27.0. The number of carboxylic acids is 1. The molecule has 9 nitrogen and oxygen atoms in total. The van der Waals surface area contributed by atoms with Crippen molar-refractivity contribution in [2.45, 2.75) is 64.4 Å². The number of rotatable bonds is 12. The number of ether oxygens (including phenoxy) is 2. The Labute approximate surface area is 271 Å². The van der Waals surface area contributed by atoms with E-state index in [1.54, 1.807) is 10.9 Å². The third-order valence-electron chi connectivity index (χ3n) is 7.94. The monoisotopic (exact) mass is 651 g/mol. The van der Waals surface area contributed by atoms with Crippen LogP contribution in [0.2, 0.25) is 10.3 Å². The van der Waals surface area contributed by atoms with E-state index in [0.717, 1.165) is 33.4 Å². The zero-order chi connectivity index (χ0) is 31.9. The van der Waals surface area contributed by atoms with Crippen LogP contribution in [-0.4, -0.2) is 37.7 Å². The summed E-state index contributed by atoms with van der Waals surface area (Å²) >= 11 is 12.5. The molecule has 0 spiro atoms. The standard InChI is InChI=1S/C34H35Cl2N3O6/c1-21-28(18-39-20-38-32(35)33(39)36)44-34(45-31(21)24-13-11-22(19-40)12-14-24)27-8-3-7-26(16-27)25-6-2-5-23(15-25)17-37-29(41)9-4-10-30(42)43/h2-3,5-8,11-16,20-21,28,31,34,40H,4,9-10,17-19H2,1H3,(H,37,41)(H,42,43). The number of amides is 1. The van der Waals surface area contributed by atoms with Crippen LogP contribution in [-0.2, 0) is 38.8 Å². The van der Waals surface area contributed by atoms with E-state index >= 15 is 0 Å². The van der Waals surface area contributed by atoms with Crippen molar-refractivity contribution >= 4 is 35.1 Å². The Morgan fingerprint density at radius 2 is 1.67 bits per heavy atom. The number of aromatic nitrogens is 2. The Morgan fingerprint density at radius 3 is 2.36 bits per heavy atom. The molecule has 4 atom stereocenters. The summed E-state index contributed by atoms with van der Waals surface area (Å²) < 4.78 is 15.0. The van der Waals surface area contributed by atoms with Crippen molar-refractivity contribution in [2.24, 2.45) is 5.92 Å². The van der Waals surface area contributed by atoms with Gasteiger partial charge in [-0.25, -0.2) is 4.98 Å². The van der Waals surface area contributed by atoms with Gasteiger partial charge in [0.2, 0.25) is 5.91 Å². The van der Waals surface area contributed by atoms with Crippen molar-refractivity contribution in [3.05, 3.63) is 112 Å². The molecule has 1 aliphatic rings. The molecule has 3 aromatic carbocycles. The van der Waals surface area contributed by atoms with E-state index in [2.05, 4.69) is 17.2 Å². The number of carboxylic acid groups (broad SMARTS) is 1. The van der Waals surface area contributed by atoms with Gasteiger partial charge in [0.05, 0.1) is 31.7 Å². The molecule has 1 amide bonds. The van der Waals surface area contributed by atoms with Crippen LogP contribution in [0.15, 0.2) is 79.1 Å². The summed E-state index contributed by atoms with van der Waals surface area (Å²) in [6.07, 6.45) is 0.765. The highest BCUT2D eigenvalue weighted by Crippen LogP contribution is 2.43. The Balaban J connectivity index is 1.36. The van der Waals surface area contributed by atoms with E-state index < -0.39 is 12.3 Å². The van der Waals surface area contributed by atoms with Gasteiger partial charge in [-0.15, -0.1) is 0 Å². The van der Waals surface area contributed by atoms with E-state index in [4.69, 9.17) is 37.8 Å². The van der Waals surface area contributed by atoms with Crippen LogP contribution in [0.25, 0.3) is 11.1 Å². The van der Waals surface area contributed by atoms with Crippen molar-refractivity contribution in [3.8, 4) is 11.1 Å². The van der Waals surface area contributed by atoms with Crippen molar-refractivity contribution in [1.29, 1.82) is 0 Å². The Hall–Kier alpha value is -3.73. The normalized spacial score (nSPS) is 19.7. The third kappa shape index (κ3) is 8.31. The molecule has 0 bridgehead atoms. The van der Waals surface area contributed by atoms with Gasteiger partial charge in [-0.3, -0.25) is 9.59 Å². The second kappa shape index (κ2) is 15.0. The summed E-state index contributed by atoms with van der Waals surface area (Å²) in [5.74, 6) is -1.15. The number of hydrogen-bond donors (Lipinski definition) is 3. The molecule has 3 N–H and O–H groups in total. The lowest BCUT2D eigenvalue weighted by atomic mass is 9.90. The second-order valence-electron chi connectivity index (χ2n) is 11.2. The summed E-state index contributed by atoms with van der Waals surface area (Å²) in [6, 6.07) is 23.6. The minimum Gasteiger partial charge on any atom is -0.481 e. The number of nitrogens with zero attached hydrogens (tertiary/aromatic N) is 2. The SMILES string of the molecule is CC1C(Cn2cnc(Cl)c2Cl)OC(c2cccc(-c3cccc(CNC(=O)CCCC(=O)O)c3)c2)OC1c1ccc(CO)cc1. The first-order valence-electron chi connectivity index (χ1n) is 14.8. The molecule has 2 heterocycles. The Bertz CT molecular complexity index is 1630. The van der Waals surface area contributed by atoms with Crippen LogP contribution < -0.4 is 5.32 Å². The molecule has 0 radical (unpaired) electrons. The molecule has 45 heavy (non-hydrogen) atoms. The second-order valence-corrected chi connectivity index (χ2v) is 11.9. The van der Waals surface area contributed by atoms with E-state index in [-0.39, 0.29) is 48.6 Å². The molecule has 4 unspecified atom stereocenters. The average Bonchev–Trinajstić information content (AvgIpc) is 3.37. The van der Waals surface area contributed by atoms with Gasteiger partial charge in [-0.05, 0) is 46.4 Å². The van der Waals surface area contributed by atoms with Crippen LogP contribution in [0.3, 0.4) is 0 Å². The summed E-state index contributed by atoms with van der Waals surface area (Å²) in [5, 5.41) is 21.8. The first kappa shape index (κ1) is 32.7. The highest BCUT2D eigenvalue weighted by atomic mass is 35.5. The molecule has 1 aliphatic heterocycles. The minimum absolute atomic E-state index is 0.0320. The predicted octanol–water partition coefficient (Wildman–Crippen LogP) is 6.71. The van der Waals surface area contributed by atoms with E-state index in [0.29, 0.717) is 24.7 Å². The van der Waals surface area contributed by atoms with Crippen LogP contribution in [0, 0.1) is 5.92 Å². The summed E-state index contributed by atoms with van der Waals surface area (Å²) in [6.45, 7) is 2.80. The number of carbonyl (C=O) groups excluding carboxylic acids is 1. The lowest BCUT2D eigenvalue weighted by Gasteiger charge is -2.41. The fourth-order valence-corrected chi connectivity index (χ4v) is 5.72. The molecular weight excluding hydrogens is 617 g/mol. The molecule has 0 saturated carbocycles. The molecule has 11 heteroatoms. The fraction of sp³-hybridized carbons (Fsp3) is 0.324. The maximum absolute atomic E-state index is 12.2. The first-order chi connectivity index (χ1) is 21.7. The number of benzene rings is 3. The Morgan fingerprint density at radius 1 is 0.933 bits per heavy atom. The zero-order valence-corrected chi connectivity index (χ0v) is 26.2. The maximum Gasteiger partial charge on any atom is 0.303 e. The summed E-state index contributed by atoms with van der Waals surface area (Å²) in [5.41, 5.74) is 5.48. The van der Waals surface area contributed by atoms with Gasteiger partial charge < -0.3 is 29.6 Å². The fourth-order valence-electron chi connectivity index (χ4n) is 5.41. The van der Waals surface area contributed by atoms with Crippen molar-refractivity contribution in [1.82, 2.24) is 14.9 Å². The maximum atomic E-state index is 12.2. The lowest BCUT2D eigenvalue weighted by molar-refractivity contribution is -0.276. The number of aliphatic hydroxyl groups is 1. The van der Waals surface area contributed by atoms with Crippen molar-refractivity contribution in [2.75, 3.05) is 0 Å². The molecule has 1 saturated heterocycles. The highest BCUT2D eigenvalue weighted by molar-refractivity contribution is 6.40. The van der Waals surface area contributed by atoms with Crippen LogP contribution >= 0.6 is 23.2 Å². The number of hydrogen-bond acceptors (Lipinski definition) is 6. The van der Waals surface area contributed by atoms with Gasteiger partial charge in [0.1, 0.15) is 5.15 Å². The van der Waals surface area contributed by atoms with Gasteiger partial charge in [0, 0.05) is 30.9 Å². The number of aliphatic carboxylic acids is 1. The minimum atomic E-state index is -0.911. The van der Waals surface area contributed by atoms with Gasteiger partial charge in [-0.2, -0.15) is 0 Å². The number of nitrogens with one attached hydrogen (secondary N) is 1. The molecular formula is C34H35Cl2N3O6. The number of imidazole rings is 1. The largest absolute Gasteiger partial charge is 0.481 e. The van der Waals surface area contributed by atoms with Crippen LogP contribution in [0.4, 0.5) is 0 Å². The quantitative estimate of drug-likeness (QED) is 0.156. The predicted molar refractivity (Wildman–Crippen MR) is 170 cm³/mol. The topological polar surface area (TPSA) is 123 Å². The van der Waals surface area contributed by atoms with Gasteiger partial charge >= 0.3 is 5.97 Å². The van der Waals surface area contributed by atoms with Gasteiger partial charge in [0.25, 0.3) is 0 Å². The summed E-state index contributed by atoms with van der Waals surface area (Å²) in [7, 11) is 0. The van der Waals surface area contributed by atoms with Crippen LogP contribution in [0.5, 0.6) is 0 Å². The number of aliphatic hydroxyl groups excluding tert-OH is 1. The highest BCUT2D eigenvalue weighted by Gasteiger charge is 2.39. The average molecular weight is 653 g/mol. The smallest absolute Gasteiger partial charge is 0.303 e. The molecule has 0 aliphatic carbocycles. The molecule has 236 valence electrons. The lowest BCUT2D eigenvalue weighted by Crippen LogP contribution is -2.39. The van der Waals surface area contributed by atoms with Crippen molar-refractivity contribution in [3.63, 3.8) is 0 Å². The molecule has 1 aromatic heterocycles. The molecule has 4 aromatic rings. The number of halogens is 2. The molecule has 1 fully saturated rings. The van der Waals surface area contributed by atoms with Gasteiger partial charge in [0.15, 0.2) is 11.4 Å².